The first-order valence-electron chi connectivity index (χ1n) is 11.0. The van der Waals surface area contributed by atoms with Crippen LogP contribution in [0.2, 0.25) is 0 Å². The van der Waals surface area contributed by atoms with Crippen molar-refractivity contribution in [2.75, 3.05) is 13.2 Å². The molecule has 1 aliphatic rings. The molecule has 33 heavy (non-hydrogen) atoms. The standard InChI is InChI=1S/C23H28N3O5PS/c1-4-26-13-16-9-12-18-19(20(16)25-26)23(33-21(18)22(24)27)31-17-10-7-15(8-11-17)14-32(28,29-5-2)30-6-3/h7-8,10-11,13H,4-6,9,12,14H2,1-3H3,(H2,24,27). The van der Waals surface area contributed by atoms with Gasteiger partial charge in [-0.25, -0.2) is 0 Å². The maximum Gasteiger partial charge on any atom is 0.335 e. The van der Waals surface area contributed by atoms with Crippen molar-refractivity contribution in [2.24, 2.45) is 5.73 Å². The summed E-state index contributed by atoms with van der Waals surface area (Å²) in [5.74, 6) is 0.144. The smallest absolute Gasteiger partial charge is 0.335 e. The number of hydrogen-bond donors (Lipinski definition) is 1. The Balaban J connectivity index is 1.62. The molecule has 0 radical (unpaired) electrons. The molecule has 10 heteroatoms. The molecule has 176 valence electrons. The number of aryl methyl sites for hydroxylation is 2. The molecule has 2 heterocycles. The van der Waals surface area contributed by atoms with Gasteiger partial charge in [0.05, 0.1) is 29.8 Å². The molecule has 2 N–H and O–H groups in total. The highest BCUT2D eigenvalue weighted by Gasteiger charge is 2.31. The molecule has 1 amide bonds. The molecule has 1 aliphatic carbocycles. The van der Waals surface area contributed by atoms with Gasteiger partial charge < -0.3 is 19.5 Å². The van der Waals surface area contributed by atoms with Crippen LogP contribution in [0.15, 0.2) is 30.5 Å². The van der Waals surface area contributed by atoms with Crippen LogP contribution in [0.4, 0.5) is 0 Å². The predicted octanol–water partition coefficient (Wildman–Crippen LogP) is 5.39. The summed E-state index contributed by atoms with van der Waals surface area (Å²) in [5.41, 5.74) is 10.2. The first-order valence-corrected chi connectivity index (χ1v) is 13.6. The lowest BCUT2D eigenvalue weighted by atomic mass is 9.92. The molecule has 1 aromatic carbocycles. The van der Waals surface area contributed by atoms with E-state index in [1.54, 1.807) is 13.8 Å². The van der Waals surface area contributed by atoms with Gasteiger partial charge in [0.1, 0.15) is 11.4 Å². The van der Waals surface area contributed by atoms with Crippen molar-refractivity contribution in [3.63, 3.8) is 0 Å². The molecule has 0 fully saturated rings. The summed E-state index contributed by atoms with van der Waals surface area (Å²) in [6.07, 6.45) is 3.77. The molecule has 0 unspecified atom stereocenters. The van der Waals surface area contributed by atoms with E-state index in [9.17, 15) is 9.36 Å². The van der Waals surface area contributed by atoms with Gasteiger partial charge in [-0.05, 0) is 62.4 Å². The maximum atomic E-state index is 12.8. The van der Waals surface area contributed by atoms with E-state index in [0.717, 1.165) is 47.3 Å². The minimum atomic E-state index is -3.18. The number of primary amides is 1. The van der Waals surface area contributed by atoms with Crippen molar-refractivity contribution >= 4 is 24.8 Å². The van der Waals surface area contributed by atoms with Crippen molar-refractivity contribution in [1.29, 1.82) is 0 Å². The zero-order valence-electron chi connectivity index (χ0n) is 19.0. The zero-order valence-corrected chi connectivity index (χ0v) is 20.7. The third-order valence-electron chi connectivity index (χ3n) is 5.40. The average Bonchev–Trinajstić information content (AvgIpc) is 3.36. The molecule has 2 aromatic heterocycles. The van der Waals surface area contributed by atoms with Crippen molar-refractivity contribution < 1.29 is 23.1 Å². The monoisotopic (exact) mass is 489 g/mol. The van der Waals surface area contributed by atoms with Crippen LogP contribution in [0.5, 0.6) is 10.8 Å². The lowest BCUT2D eigenvalue weighted by Crippen LogP contribution is -2.13. The van der Waals surface area contributed by atoms with E-state index in [2.05, 4.69) is 0 Å². The van der Waals surface area contributed by atoms with Gasteiger partial charge in [-0.3, -0.25) is 14.0 Å². The van der Waals surface area contributed by atoms with Gasteiger partial charge >= 0.3 is 7.60 Å². The topological polar surface area (TPSA) is 106 Å². The third-order valence-corrected chi connectivity index (χ3v) is 8.58. The normalized spacial score (nSPS) is 12.9. The number of hydrogen-bond acceptors (Lipinski definition) is 7. The van der Waals surface area contributed by atoms with Crippen LogP contribution >= 0.6 is 18.9 Å². The molecule has 0 atom stereocenters. The van der Waals surface area contributed by atoms with E-state index in [1.807, 2.05) is 42.1 Å². The zero-order chi connectivity index (χ0) is 23.6. The first-order chi connectivity index (χ1) is 15.9. The second-order valence-electron chi connectivity index (χ2n) is 7.65. The van der Waals surface area contributed by atoms with E-state index in [4.69, 9.17) is 24.6 Å². The van der Waals surface area contributed by atoms with Gasteiger partial charge in [-0.15, -0.1) is 0 Å². The SMILES string of the molecule is CCOP(=O)(Cc1ccc(Oc2sc(C(N)=O)c3c2-c2nn(CC)cc2CC3)cc1)OCC. The van der Waals surface area contributed by atoms with Crippen molar-refractivity contribution in [3.8, 4) is 22.1 Å². The molecule has 8 nitrogen and oxygen atoms in total. The number of carbonyl (C=O) groups is 1. The Labute approximate surface area is 197 Å². The number of thiophene rings is 1. The molecule has 3 aromatic rings. The molecule has 0 saturated carbocycles. The highest BCUT2D eigenvalue weighted by molar-refractivity contribution is 7.53. The highest BCUT2D eigenvalue weighted by Crippen LogP contribution is 2.52. The number of amides is 1. The van der Waals surface area contributed by atoms with Gasteiger partial charge in [0, 0.05) is 12.7 Å². The average molecular weight is 490 g/mol. The first kappa shape index (κ1) is 23.7. The summed E-state index contributed by atoms with van der Waals surface area (Å²) in [7, 11) is -3.18. The minimum absolute atomic E-state index is 0.187. The number of nitrogens with zero attached hydrogens (tertiary/aromatic N) is 2. The summed E-state index contributed by atoms with van der Waals surface area (Å²) in [6, 6.07) is 7.29. The summed E-state index contributed by atoms with van der Waals surface area (Å²) in [4.78, 5) is 12.6. The van der Waals surface area contributed by atoms with E-state index < -0.39 is 13.5 Å². The molecular formula is C23H28N3O5PS. The van der Waals surface area contributed by atoms with Crippen LogP contribution in [-0.2, 0) is 39.2 Å². The van der Waals surface area contributed by atoms with Crippen LogP contribution in [0.3, 0.4) is 0 Å². The number of fused-ring (bicyclic) bond motifs is 3. The molecule has 0 spiro atoms. The Hall–Kier alpha value is -2.45. The third kappa shape index (κ3) is 4.92. The summed E-state index contributed by atoms with van der Waals surface area (Å²) < 4.78 is 31.7. The number of ether oxygens (including phenoxy) is 1. The number of aromatic nitrogens is 2. The van der Waals surface area contributed by atoms with Crippen LogP contribution in [0.1, 0.15) is 47.1 Å². The van der Waals surface area contributed by atoms with Crippen molar-refractivity contribution in [1.82, 2.24) is 9.78 Å². The molecule has 0 aliphatic heterocycles. The van der Waals surface area contributed by atoms with Crippen LogP contribution in [0.25, 0.3) is 11.3 Å². The van der Waals surface area contributed by atoms with E-state index in [1.165, 1.54) is 11.3 Å². The predicted molar refractivity (Wildman–Crippen MR) is 128 cm³/mol. The Bertz CT molecular complexity index is 1190. The van der Waals surface area contributed by atoms with Gasteiger partial charge in [-0.1, -0.05) is 23.5 Å². The quantitative estimate of drug-likeness (QED) is 0.383. The lowest BCUT2D eigenvalue weighted by Gasteiger charge is -2.17. The van der Waals surface area contributed by atoms with E-state index in [0.29, 0.717) is 28.9 Å². The molecule has 4 rings (SSSR count). The van der Waals surface area contributed by atoms with E-state index >= 15 is 0 Å². The second kappa shape index (κ2) is 9.81. The summed E-state index contributed by atoms with van der Waals surface area (Å²) >= 11 is 1.26. The molecular weight excluding hydrogens is 461 g/mol. The number of carbonyl (C=O) groups excluding carboxylic acids is 1. The fraction of sp³-hybridized carbons (Fsp3) is 0.391. The molecule has 0 saturated heterocycles. The van der Waals surface area contributed by atoms with Gasteiger partial charge in [0.25, 0.3) is 5.91 Å². The second-order valence-corrected chi connectivity index (χ2v) is 10.7. The fourth-order valence-corrected chi connectivity index (χ4v) is 6.76. The number of benzene rings is 1. The lowest BCUT2D eigenvalue weighted by molar-refractivity contribution is 0.100. The highest BCUT2D eigenvalue weighted by atomic mass is 32.1. The Morgan fingerprint density at radius 1 is 1.15 bits per heavy atom. The van der Waals surface area contributed by atoms with Crippen LogP contribution in [0, 0.1) is 0 Å². The van der Waals surface area contributed by atoms with E-state index in [-0.39, 0.29) is 6.16 Å². The number of rotatable bonds is 10. The van der Waals surface area contributed by atoms with Crippen LogP contribution < -0.4 is 10.5 Å². The van der Waals surface area contributed by atoms with Crippen molar-refractivity contribution in [2.45, 2.75) is 46.3 Å². The fourth-order valence-electron chi connectivity index (χ4n) is 3.98. The Morgan fingerprint density at radius 2 is 1.85 bits per heavy atom. The van der Waals surface area contributed by atoms with Crippen molar-refractivity contribution in [3.05, 3.63) is 52.0 Å². The minimum Gasteiger partial charge on any atom is -0.446 e. The van der Waals surface area contributed by atoms with Gasteiger partial charge in [0.15, 0.2) is 5.06 Å². The summed E-state index contributed by atoms with van der Waals surface area (Å²) in [6.45, 7) is 7.02. The van der Waals surface area contributed by atoms with Gasteiger partial charge in [-0.2, -0.15) is 5.10 Å². The van der Waals surface area contributed by atoms with Gasteiger partial charge in [0.2, 0.25) is 0 Å². The Morgan fingerprint density at radius 3 is 2.45 bits per heavy atom. The summed E-state index contributed by atoms with van der Waals surface area (Å²) in [5, 5.41) is 5.31. The molecule has 0 bridgehead atoms. The largest absolute Gasteiger partial charge is 0.446 e. The van der Waals surface area contributed by atoms with Crippen LogP contribution in [-0.4, -0.2) is 28.9 Å². The number of nitrogens with two attached hydrogens (primary N) is 1. The maximum absolute atomic E-state index is 12.8. The Kier molecular flexibility index (Phi) is 7.05.